The molecule has 19 heavy (non-hydrogen) atoms. The molecule has 0 fully saturated rings. The zero-order valence-electron chi connectivity index (χ0n) is 10.8. The molecule has 0 radical (unpaired) electrons. The van der Waals surface area contributed by atoms with Crippen molar-refractivity contribution in [3.63, 3.8) is 0 Å². The summed E-state index contributed by atoms with van der Waals surface area (Å²) in [6.45, 7) is 0. The zero-order chi connectivity index (χ0) is 13.8. The van der Waals surface area contributed by atoms with Gasteiger partial charge in [-0.25, -0.2) is 4.98 Å². The number of nitrogens with zero attached hydrogens (tertiary/aromatic N) is 3. The van der Waals surface area contributed by atoms with Crippen molar-refractivity contribution in [2.45, 2.75) is 0 Å². The quantitative estimate of drug-likeness (QED) is 0.811. The van der Waals surface area contributed by atoms with Crippen LogP contribution in [0.15, 0.2) is 36.8 Å². The van der Waals surface area contributed by atoms with Gasteiger partial charge in [0, 0.05) is 37.9 Å². The van der Waals surface area contributed by atoms with Gasteiger partial charge in [0.15, 0.2) is 5.82 Å². The van der Waals surface area contributed by atoms with Crippen LogP contribution in [0.5, 0.6) is 0 Å². The van der Waals surface area contributed by atoms with Crippen molar-refractivity contribution < 1.29 is 4.79 Å². The fraction of sp³-hybridized carbons (Fsp3) is 0.154. The molecule has 98 valence electrons. The van der Waals surface area contributed by atoms with E-state index in [1.165, 1.54) is 12.4 Å². The number of rotatable bonds is 3. The maximum absolute atomic E-state index is 12.2. The van der Waals surface area contributed by atoms with Crippen LogP contribution in [-0.4, -0.2) is 30.0 Å². The minimum Gasteiger partial charge on any atom is -0.399 e. The maximum Gasteiger partial charge on any atom is 0.259 e. The van der Waals surface area contributed by atoms with Gasteiger partial charge in [0.2, 0.25) is 0 Å². The Morgan fingerprint density at radius 1 is 1.32 bits per heavy atom. The van der Waals surface area contributed by atoms with Crippen molar-refractivity contribution in [1.82, 2.24) is 9.97 Å². The molecule has 1 amide bonds. The van der Waals surface area contributed by atoms with Crippen molar-refractivity contribution in [1.29, 1.82) is 0 Å². The number of hydrogen-bond donors (Lipinski definition) is 2. The minimum atomic E-state index is -0.267. The third-order valence-electron chi connectivity index (χ3n) is 2.55. The van der Waals surface area contributed by atoms with Crippen molar-refractivity contribution in [3.8, 4) is 0 Å². The average Bonchev–Trinajstić information content (AvgIpc) is 2.39. The number of hydrogen-bond acceptors (Lipinski definition) is 5. The van der Waals surface area contributed by atoms with E-state index in [4.69, 9.17) is 5.73 Å². The summed E-state index contributed by atoms with van der Waals surface area (Å²) in [5, 5.41) is 2.69. The van der Waals surface area contributed by atoms with E-state index in [0.717, 1.165) is 5.69 Å². The van der Waals surface area contributed by atoms with Gasteiger partial charge in [0.05, 0.1) is 11.8 Å². The van der Waals surface area contributed by atoms with Crippen LogP contribution in [0, 0.1) is 0 Å². The lowest BCUT2D eigenvalue weighted by atomic mass is 10.1. The number of amides is 1. The molecule has 6 nitrogen and oxygen atoms in total. The van der Waals surface area contributed by atoms with Crippen LogP contribution in [0.4, 0.5) is 17.2 Å². The van der Waals surface area contributed by atoms with E-state index in [9.17, 15) is 4.79 Å². The lowest BCUT2D eigenvalue weighted by molar-refractivity contribution is 0.102. The van der Waals surface area contributed by atoms with E-state index in [2.05, 4.69) is 15.3 Å². The lowest BCUT2D eigenvalue weighted by Gasteiger charge is -2.17. The highest BCUT2D eigenvalue weighted by Crippen LogP contribution is 2.22. The summed E-state index contributed by atoms with van der Waals surface area (Å²) in [4.78, 5) is 22.0. The number of nitrogens with two attached hydrogens (primary N) is 1. The first-order chi connectivity index (χ1) is 9.08. The first-order valence-electron chi connectivity index (χ1n) is 5.72. The van der Waals surface area contributed by atoms with E-state index in [1.54, 1.807) is 24.4 Å². The summed E-state index contributed by atoms with van der Waals surface area (Å²) in [6, 6.07) is 5.20. The predicted octanol–water partition coefficient (Wildman–Crippen LogP) is 1.38. The molecule has 3 N–H and O–H groups in total. The molecule has 0 saturated carbocycles. The van der Waals surface area contributed by atoms with E-state index in [1.807, 2.05) is 19.0 Å². The standard InChI is InChI=1S/C13H15N5O/c1-18(2)11-4-3-9(14)7-10(11)13(19)17-12-8-15-5-6-16-12/h3-8H,14H2,1-2H3,(H,16,17,19). The smallest absolute Gasteiger partial charge is 0.259 e. The summed E-state index contributed by atoms with van der Waals surface area (Å²) in [5.41, 5.74) is 7.55. The molecule has 0 aliphatic carbocycles. The molecule has 0 unspecified atom stereocenters. The lowest BCUT2D eigenvalue weighted by Crippen LogP contribution is -2.19. The van der Waals surface area contributed by atoms with E-state index in [0.29, 0.717) is 17.1 Å². The number of carbonyl (C=O) groups excluding carboxylic acids is 1. The van der Waals surface area contributed by atoms with Crippen molar-refractivity contribution in [2.75, 3.05) is 30.0 Å². The largest absolute Gasteiger partial charge is 0.399 e. The van der Waals surface area contributed by atoms with E-state index < -0.39 is 0 Å². The minimum absolute atomic E-state index is 0.267. The number of carbonyl (C=O) groups is 1. The molecule has 1 heterocycles. The first kappa shape index (κ1) is 12.8. The molecule has 0 aliphatic rings. The van der Waals surface area contributed by atoms with Crippen LogP contribution in [0.2, 0.25) is 0 Å². The average molecular weight is 257 g/mol. The number of benzene rings is 1. The molecule has 2 rings (SSSR count). The van der Waals surface area contributed by atoms with Gasteiger partial charge >= 0.3 is 0 Å². The highest BCUT2D eigenvalue weighted by molar-refractivity contribution is 6.08. The summed E-state index contributed by atoms with van der Waals surface area (Å²) in [6.07, 6.45) is 4.54. The number of aromatic nitrogens is 2. The van der Waals surface area contributed by atoms with Gasteiger partial charge < -0.3 is 16.0 Å². The number of nitrogen functional groups attached to an aromatic ring is 1. The Labute approximate surface area is 111 Å². The summed E-state index contributed by atoms with van der Waals surface area (Å²) in [7, 11) is 3.73. The molecule has 0 spiro atoms. The Hall–Kier alpha value is -2.63. The summed E-state index contributed by atoms with van der Waals surface area (Å²) < 4.78 is 0. The molecule has 0 saturated heterocycles. The predicted molar refractivity (Wildman–Crippen MR) is 75.2 cm³/mol. The Morgan fingerprint density at radius 2 is 2.11 bits per heavy atom. The van der Waals surface area contributed by atoms with Gasteiger partial charge in [-0.3, -0.25) is 9.78 Å². The van der Waals surface area contributed by atoms with Crippen LogP contribution >= 0.6 is 0 Å². The van der Waals surface area contributed by atoms with Gasteiger partial charge in [-0.2, -0.15) is 0 Å². The second kappa shape index (κ2) is 5.34. The van der Waals surface area contributed by atoms with Crippen LogP contribution in [-0.2, 0) is 0 Å². The van der Waals surface area contributed by atoms with Gasteiger partial charge in [0.25, 0.3) is 5.91 Å². The molecule has 1 aromatic carbocycles. The molecule has 0 aliphatic heterocycles. The van der Waals surface area contributed by atoms with Gasteiger partial charge in [-0.05, 0) is 18.2 Å². The molecule has 0 bridgehead atoms. The molecular formula is C13H15N5O. The maximum atomic E-state index is 12.2. The van der Waals surface area contributed by atoms with Gasteiger partial charge in [-0.1, -0.05) is 0 Å². The molecular weight excluding hydrogens is 242 g/mol. The Balaban J connectivity index is 2.30. The number of anilines is 3. The monoisotopic (exact) mass is 257 g/mol. The third-order valence-corrected chi connectivity index (χ3v) is 2.55. The van der Waals surface area contributed by atoms with Crippen LogP contribution in [0.25, 0.3) is 0 Å². The summed E-state index contributed by atoms with van der Waals surface area (Å²) >= 11 is 0. The molecule has 2 aromatic rings. The highest BCUT2D eigenvalue weighted by atomic mass is 16.1. The summed E-state index contributed by atoms with van der Waals surface area (Å²) in [5.74, 6) is 0.135. The van der Waals surface area contributed by atoms with E-state index >= 15 is 0 Å². The van der Waals surface area contributed by atoms with Crippen LogP contribution < -0.4 is 16.0 Å². The first-order valence-corrected chi connectivity index (χ1v) is 5.72. The van der Waals surface area contributed by atoms with Gasteiger partial charge in [0.1, 0.15) is 0 Å². The van der Waals surface area contributed by atoms with Crippen molar-refractivity contribution in [2.24, 2.45) is 0 Å². The molecule has 6 heteroatoms. The van der Waals surface area contributed by atoms with Crippen molar-refractivity contribution in [3.05, 3.63) is 42.4 Å². The second-order valence-electron chi connectivity index (χ2n) is 4.22. The van der Waals surface area contributed by atoms with Crippen molar-refractivity contribution >= 4 is 23.1 Å². The van der Waals surface area contributed by atoms with Crippen LogP contribution in [0.1, 0.15) is 10.4 Å². The number of nitrogens with one attached hydrogen (secondary N) is 1. The normalized spacial score (nSPS) is 10.0. The molecule has 0 atom stereocenters. The second-order valence-corrected chi connectivity index (χ2v) is 4.22. The highest BCUT2D eigenvalue weighted by Gasteiger charge is 2.14. The van der Waals surface area contributed by atoms with E-state index in [-0.39, 0.29) is 5.91 Å². The zero-order valence-corrected chi connectivity index (χ0v) is 10.8. The van der Waals surface area contributed by atoms with Crippen LogP contribution in [0.3, 0.4) is 0 Å². The topological polar surface area (TPSA) is 84.1 Å². The Bertz CT molecular complexity index is 583. The Morgan fingerprint density at radius 3 is 2.74 bits per heavy atom. The fourth-order valence-electron chi connectivity index (χ4n) is 1.67. The fourth-order valence-corrected chi connectivity index (χ4v) is 1.67. The Kier molecular flexibility index (Phi) is 3.61. The molecule has 1 aromatic heterocycles. The third kappa shape index (κ3) is 2.98. The SMILES string of the molecule is CN(C)c1ccc(N)cc1C(=O)Nc1cnccn1. The van der Waals surface area contributed by atoms with Gasteiger partial charge in [-0.15, -0.1) is 0 Å².